The molecule has 0 saturated carbocycles. The van der Waals surface area contributed by atoms with Crippen molar-refractivity contribution in [3.63, 3.8) is 0 Å². The van der Waals surface area contributed by atoms with Crippen molar-refractivity contribution in [2.75, 3.05) is 0 Å². The van der Waals surface area contributed by atoms with Crippen LogP contribution in [0, 0.1) is 0 Å². The first kappa shape index (κ1) is 13.1. The number of aliphatic hydroxyl groups excluding tert-OH is 1. The zero-order chi connectivity index (χ0) is 11.6. The Bertz CT molecular complexity index is 357. The van der Waals surface area contributed by atoms with Gasteiger partial charge in [-0.15, -0.1) is 0 Å². The molecule has 1 aromatic carbocycles. The maximum Gasteiger partial charge on any atom is 0.0731 e. The van der Waals surface area contributed by atoms with E-state index < -0.39 is 12.1 Å². The molecule has 0 amide bonds. The van der Waals surface area contributed by atoms with Crippen LogP contribution < -0.4 is 5.73 Å². The molecule has 0 aromatic heterocycles. The monoisotopic (exact) mass is 267 g/mol. The molecule has 2 nitrogen and oxygen atoms in total. The molecule has 0 aliphatic rings. The highest BCUT2D eigenvalue weighted by Gasteiger charge is 2.21. The zero-order valence-electron chi connectivity index (χ0n) is 8.17. The molecule has 5 heteroatoms. The standard InChI is InChI=1S/C10H12Cl3NO/c1-2-7(15)10(14)8-5(11)3-4-6(12)9(8)13/h3-4,7,10,15H,2,14H2,1H3/t7-,10-/m0/s1. The topological polar surface area (TPSA) is 46.2 Å². The van der Waals surface area contributed by atoms with Gasteiger partial charge in [-0.25, -0.2) is 0 Å². The van der Waals surface area contributed by atoms with Crippen molar-refractivity contribution in [3.05, 3.63) is 32.8 Å². The van der Waals surface area contributed by atoms with Crippen molar-refractivity contribution in [3.8, 4) is 0 Å². The van der Waals surface area contributed by atoms with E-state index in [-0.39, 0.29) is 0 Å². The first-order valence-electron chi connectivity index (χ1n) is 4.56. The molecule has 15 heavy (non-hydrogen) atoms. The summed E-state index contributed by atoms with van der Waals surface area (Å²) in [7, 11) is 0. The van der Waals surface area contributed by atoms with Crippen LogP contribution in [0.25, 0.3) is 0 Å². The van der Waals surface area contributed by atoms with Crippen LogP contribution in [0.15, 0.2) is 12.1 Å². The largest absolute Gasteiger partial charge is 0.391 e. The minimum absolute atomic E-state index is 0.309. The van der Waals surface area contributed by atoms with E-state index in [0.717, 1.165) is 0 Å². The smallest absolute Gasteiger partial charge is 0.0731 e. The molecule has 0 radical (unpaired) electrons. The molecular weight excluding hydrogens is 256 g/mol. The molecule has 0 saturated heterocycles. The van der Waals surface area contributed by atoms with Gasteiger partial charge >= 0.3 is 0 Å². The van der Waals surface area contributed by atoms with Gasteiger partial charge in [-0.05, 0) is 18.6 Å². The fourth-order valence-corrected chi connectivity index (χ4v) is 2.08. The summed E-state index contributed by atoms with van der Waals surface area (Å²) in [4.78, 5) is 0. The molecule has 84 valence electrons. The first-order chi connectivity index (χ1) is 6.99. The summed E-state index contributed by atoms with van der Waals surface area (Å²) in [6.07, 6.45) is -0.154. The molecule has 1 aromatic rings. The molecule has 2 atom stereocenters. The third-order valence-corrected chi connectivity index (χ3v) is 3.39. The zero-order valence-corrected chi connectivity index (χ0v) is 10.4. The van der Waals surface area contributed by atoms with Gasteiger partial charge in [-0.1, -0.05) is 41.7 Å². The van der Waals surface area contributed by atoms with Gasteiger partial charge in [0.15, 0.2) is 0 Å². The number of hydrogen-bond acceptors (Lipinski definition) is 2. The van der Waals surface area contributed by atoms with Crippen molar-refractivity contribution in [2.45, 2.75) is 25.5 Å². The van der Waals surface area contributed by atoms with Gasteiger partial charge in [0.05, 0.1) is 22.2 Å². The van der Waals surface area contributed by atoms with E-state index in [1.54, 1.807) is 12.1 Å². The Kier molecular flexibility index (Phi) is 4.68. The van der Waals surface area contributed by atoms with Gasteiger partial charge in [0.25, 0.3) is 0 Å². The minimum Gasteiger partial charge on any atom is -0.391 e. The maximum atomic E-state index is 9.63. The second kappa shape index (κ2) is 5.37. The number of rotatable bonds is 3. The fraction of sp³-hybridized carbons (Fsp3) is 0.400. The van der Waals surface area contributed by atoms with Crippen molar-refractivity contribution < 1.29 is 5.11 Å². The van der Waals surface area contributed by atoms with E-state index in [1.807, 2.05) is 6.92 Å². The van der Waals surface area contributed by atoms with Crippen LogP contribution in [0.3, 0.4) is 0 Å². The molecule has 3 N–H and O–H groups in total. The Hall–Kier alpha value is 0.01000. The lowest BCUT2D eigenvalue weighted by molar-refractivity contribution is 0.141. The third-order valence-electron chi connectivity index (χ3n) is 2.25. The van der Waals surface area contributed by atoms with E-state index in [1.165, 1.54) is 0 Å². The predicted molar refractivity (Wildman–Crippen MR) is 64.7 cm³/mol. The van der Waals surface area contributed by atoms with E-state index >= 15 is 0 Å². The van der Waals surface area contributed by atoms with Gasteiger partial charge < -0.3 is 10.8 Å². The van der Waals surface area contributed by atoms with E-state index in [9.17, 15) is 5.11 Å². The van der Waals surface area contributed by atoms with Gasteiger partial charge in [0, 0.05) is 10.6 Å². The van der Waals surface area contributed by atoms with Crippen LogP contribution in [0.5, 0.6) is 0 Å². The molecule has 0 bridgehead atoms. The van der Waals surface area contributed by atoms with Gasteiger partial charge in [-0.2, -0.15) is 0 Å². The molecule has 1 rings (SSSR count). The van der Waals surface area contributed by atoms with Crippen molar-refractivity contribution in [1.82, 2.24) is 0 Å². The molecular formula is C10H12Cl3NO. The molecule has 0 aliphatic heterocycles. The number of nitrogens with two attached hydrogens (primary N) is 1. The lowest BCUT2D eigenvalue weighted by Crippen LogP contribution is -2.26. The summed E-state index contributed by atoms with van der Waals surface area (Å²) in [5.74, 6) is 0. The second-order valence-corrected chi connectivity index (χ2v) is 4.45. The first-order valence-corrected chi connectivity index (χ1v) is 5.69. The van der Waals surface area contributed by atoms with Crippen molar-refractivity contribution >= 4 is 34.8 Å². The Labute approximate surface area is 104 Å². The van der Waals surface area contributed by atoms with E-state index in [2.05, 4.69) is 0 Å². The normalized spacial score (nSPS) is 15.1. The lowest BCUT2D eigenvalue weighted by atomic mass is 10.0. The van der Waals surface area contributed by atoms with Gasteiger partial charge in [0.2, 0.25) is 0 Å². The average molecular weight is 269 g/mol. The Balaban J connectivity index is 3.18. The number of aliphatic hydroxyl groups is 1. The molecule has 0 heterocycles. The van der Waals surface area contributed by atoms with Crippen LogP contribution >= 0.6 is 34.8 Å². The van der Waals surface area contributed by atoms with Gasteiger partial charge in [-0.3, -0.25) is 0 Å². The molecule has 0 spiro atoms. The summed E-state index contributed by atoms with van der Waals surface area (Å²) >= 11 is 17.8. The summed E-state index contributed by atoms with van der Waals surface area (Å²) in [6, 6.07) is 2.60. The average Bonchev–Trinajstić information content (AvgIpc) is 2.22. The highest BCUT2D eigenvalue weighted by Crippen LogP contribution is 2.36. The molecule has 0 fully saturated rings. The molecule has 0 unspecified atom stereocenters. The summed E-state index contributed by atoms with van der Waals surface area (Å²) in [6.45, 7) is 1.83. The number of hydrogen-bond donors (Lipinski definition) is 2. The van der Waals surface area contributed by atoms with Crippen LogP contribution in [0.4, 0.5) is 0 Å². The van der Waals surface area contributed by atoms with Crippen LogP contribution in [-0.4, -0.2) is 11.2 Å². The highest BCUT2D eigenvalue weighted by molar-refractivity contribution is 6.44. The van der Waals surface area contributed by atoms with E-state index in [4.69, 9.17) is 40.5 Å². The Morgan fingerprint density at radius 1 is 1.27 bits per heavy atom. The number of benzene rings is 1. The van der Waals surface area contributed by atoms with Crippen LogP contribution in [-0.2, 0) is 0 Å². The van der Waals surface area contributed by atoms with Crippen LogP contribution in [0.2, 0.25) is 15.1 Å². The minimum atomic E-state index is -0.682. The predicted octanol–water partition coefficient (Wildman–Crippen LogP) is 3.42. The van der Waals surface area contributed by atoms with Crippen molar-refractivity contribution in [2.24, 2.45) is 5.73 Å². The fourth-order valence-electron chi connectivity index (χ4n) is 1.29. The maximum absolute atomic E-state index is 9.63. The Morgan fingerprint density at radius 2 is 1.80 bits per heavy atom. The lowest BCUT2D eigenvalue weighted by Gasteiger charge is -2.20. The Morgan fingerprint density at radius 3 is 2.33 bits per heavy atom. The van der Waals surface area contributed by atoms with Gasteiger partial charge in [0.1, 0.15) is 0 Å². The highest BCUT2D eigenvalue weighted by atomic mass is 35.5. The number of halogens is 3. The summed E-state index contributed by atoms with van der Waals surface area (Å²) in [5.41, 5.74) is 6.34. The van der Waals surface area contributed by atoms with Crippen LogP contribution in [0.1, 0.15) is 24.9 Å². The SMILES string of the molecule is CC[C@H](O)[C@H](N)c1c(Cl)ccc(Cl)c1Cl. The summed E-state index contributed by atoms with van der Waals surface area (Å²) in [5, 5.41) is 10.7. The second-order valence-electron chi connectivity index (χ2n) is 3.26. The van der Waals surface area contributed by atoms with Crippen molar-refractivity contribution in [1.29, 1.82) is 0 Å². The summed E-state index contributed by atoms with van der Waals surface area (Å²) < 4.78 is 0. The van der Waals surface area contributed by atoms with E-state index in [0.29, 0.717) is 27.1 Å². The quantitative estimate of drug-likeness (QED) is 0.825. The molecule has 0 aliphatic carbocycles. The third kappa shape index (κ3) is 2.77.